The zero-order valence-electron chi connectivity index (χ0n) is 6.54. The van der Waals surface area contributed by atoms with Crippen LogP contribution in [0.3, 0.4) is 0 Å². The Kier molecular flexibility index (Phi) is 1.98. The van der Waals surface area contributed by atoms with Crippen LogP contribution in [0.25, 0.3) is 5.57 Å². The topological polar surface area (TPSA) is 26.0 Å². The van der Waals surface area contributed by atoms with E-state index in [1.165, 1.54) is 11.1 Å². The van der Waals surface area contributed by atoms with Gasteiger partial charge in [-0.3, -0.25) is 0 Å². The molecule has 0 aromatic carbocycles. The largest absolute Gasteiger partial charge is 0.389 e. The van der Waals surface area contributed by atoms with Crippen LogP contribution in [-0.2, 0) is 6.42 Å². The molecule has 0 unspecified atom stereocenters. The van der Waals surface area contributed by atoms with E-state index in [9.17, 15) is 0 Å². The third-order valence-electron chi connectivity index (χ3n) is 2.06. The first kappa shape index (κ1) is 7.95. The Morgan fingerprint density at radius 2 is 2.33 bits per heavy atom. The van der Waals surface area contributed by atoms with Crippen LogP contribution in [0, 0.1) is 0 Å². The monoisotopic (exact) mass is 195 g/mol. The number of fused-ring (bicyclic) bond motifs is 1. The molecule has 2 rings (SSSR count). The van der Waals surface area contributed by atoms with Crippen molar-refractivity contribution >= 4 is 34.1 Å². The number of thiocarbonyl (C=S) groups is 1. The molecule has 1 aromatic rings. The maximum atomic E-state index is 5.61. The van der Waals surface area contributed by atoms with Crippen molar-refractivity contribution in [3.63, 3.8) is 0 Å². The second-order valence-corrected chi connectivity index (χ2v) is 4.01. The van der Waals surface area contributed by atoms with Crippen LogP contribution in [0.2, 0.25) is 0 Å². The fourth-order valence-electron chi connectivity index (χ4n) is 1.47. The summed E-state index contributed by atoms with van der Waals surface area (Å²) in [6.07, 6.45) is 4.33. The SMILES string of the molecule is NC(=S)C1=CCCc2cscc21. The quantitative estimate of drug-likeness (QED) is 0.696. The summed E-state index contributed by atoms with van der Waals surface area (Å²) < 4.78 is 0. The second-order valence-electron chi connectivity index (χ2n) is 2.83. The molecule has 0 fully saturated rings. The van der Waals surface area contributed by atoms with Crippen LogP contribution in [0.5, 0.6) is 0 Å². The Morgan fingerprint density at radius 1 is 1.50 bits per heavy atom. The first-order chi connectivity index (χ1) is 5.79. The van der Waals surface area contributed by atoms with Gasteiger partial charge in [0.05, 0.1) is 0 Å². The van der Waals surface area contributed by atoms with Gasteiger partial charge in [0.1, 0.15) is 4.99 Å². The standard InChI is InChI=1S/C9H9NS2/c10-9(11)7-3-1-2-6-4-12-5-8(6)7/h3-5H,1-2H2,(H2,10,11). The lowest BCUT2D eigenvalue weighted by Gasteiger charge is -2.11. The minimum Gasteiger partial charge on any atom is -0.389 e. The van der Waals surface area contributed by atoms with Crippen molar-refractivity contribution < 1.29 is 0 Å². The van der Waals surface area contributed by atoms with Gasteiger partial charge < -0.3 is 5.73 Å². The maximum Gasteiger partial charge on any atom is 0.104 e. The number of thiophene rings is 1. The second kappa shape index (κ2) is 2.99. The van der Waals surface area contributed by atoms with Crippen molar-refractivity contribution in [3.8, 4) is 0 Å². The van der Waals surface area contributed by atoms with Crippen molar-refractivity contribution in [1.82, 2.24) is 0 Å². The number of hydrogen-bond donors (Lipinski definition) is 1. The number of hydrogen-bond acceptors (Lipinski definition) is 2. The van der Waals surface area contributed by atoms with Gasteiger partial charge in [0, 0.05) is 5.57 Å². The van der Waals surface area contributed by atoms with E-state index in [1.54, 1.807) is 11.3 Å². The van der Waals surface area contributed by atoms with Gasteiger partial charge in [-0.15, -0.1) is 0 Å². The van der Waals surface area contributed by atoms with Crippen LogP contribution in [0.15, 0.2) is 16.8 Å². The average molecular weight is 195 g/mol. The van der Waals surface area contributed by atoms with E-state index in [2.05, 4.69) is 16.8 Å². The van der Waals surface area contributed by atoms with E-state index in [0.29, 0.717) is 4.99 Å². The molecular formula is C9H9NS2. The zero-order chi connectivity index (χ0) is 8.55. The summed E-state index contributed by atoms with van der Waals surface area (Å²) >= 11 is 6.69. The molecule has 12 heavy (non-hydrogen) atoms. The molecule has 0 bridgehead atoms. The summed E-state index contributed by atoms with van der Waals surface area (Å²) in [5.41, 5.74) is 9.31. The summed E-state index contributed by atoms with van der Waals surface area (Å²) in [6, 6.07) is 0. The fourth-order valence-corrected chi connectivity index (χ4v) is 2.55. The van der Waals surface area contributed by atoms with Gasteiger partial charge in [0.2, 0.25) is 0 Å². The summed E-state index contributed by atoms with van der Waals surface area (Å²) in [5, 5.41) is 4.31. The lowest BCUT2D eigenvalue weighted by molar-refractivity contribution is 0.990. The molecule has 0 spiro atoms. The van der Waals surface area contributed by atoms with Gasteiger partial charge >= 0.3 is 0 Å². The molecule has 62 valence electrons. The molecule has 0 saturated carbocycles. The maximum absolute atomic E-state index is 5.61. The first-order valence-electron chi connectivity index (χ1n) is 3.84. The van der Waals surface area contributed by atoms with Gasteiger partial charge in [-0.05, 0) is 34.7 Å². The predicted molar refractivity (Wildman–Crippen MR) is 57.4 cm³/mol. The number of rotatable bonds is 1. The molecule has 3 heteroatoms. The van der Waals surface area contributed by atoms with Crippen molar-refractivity contribution in [2.45, 2.75) is 12.8 Å². The highest BCUT2D eigenvalue weighted by Gasteiger charge is 2.14. The Bertz CT molecular complexity index is 349. The van der Waals surface area contributed by atoms with E-state index < -0.39 is 0 Å². The minimum atomic E-state index is 0.523. The first-order valence-corrected chi connectivity index (χ1v) is 5.19. The van der Waals surface area contributed by atoms with E-state index in [1.807, 2.05) is 0 Å². The van der Waals surface area contributed by atoms with Crippen LogP contribution in [0.4, 0.5) is 0 Å². The zero-order valence-corrected chi connectivity index (χ0v) is 8.17. The predicted octanol–water partition coefficient (Wildman–Crippen LogP) is 2.36. The van der Waals surface area contributed by atoms with Gasteiger partial charge in [-0.25, -0.2) is 0 Å². The molecule has 2 N–H and O–H groups in total. The molecule has 0 amide bonds. The summed E-state index contributed by atoms with van der Waals surface area (Å²) in [7, 11) is 0. The average Bonchev–Trinajstić information content (AvgIpc) is 2.49. The molecular weight excluding hydrogens is 186 g/mol. The molecule has 0 atom stereocenters. The van der Waals surface area contributed by atoms with Crippen molar-refractivity contribution in [2.75, 3.05) is 0 Å². The summed E-state index contributed by atoms with van der Waals surface area (Å²) in [5.74, 6) is 0. The third-order valence-corrected chi connectivity index (χ3v) is 3.07. The Labute approximate surface area is 80.9 Å². The van der Waals surface area contributed by atoms with Crippen molar-refractivity contribution in [1.29, 1.82) is 0 Å². The molecule has 1 aromatic heterocycles. The Morgan fingerprint density at radius 3 is 3.08 bits per heavy atom. The Hall–Kier alpha value is -0.670. The normalized spacial score (nSPS) is 15.2. The molecule has 0 radical (unpaired) electrons. The van der Waals surface area contributed by atoms with Crippen LogP contribution in [-0.4, -0.2) is 4.99 Å². The highest BCUT2D eigenvalue weighted by molar-refractivity contribution is 7.81. The fraction of sp³-hybridized carbons (Fsp3) is 0.222. The summed E-state index contributed by atoms with van der Waals surface area (Å²) in [6.45, 7) is 0. The third kappa shape index (κ3) is 1.19. The molecule has 0 aliphatic heterocycles. The smallest absolute Gasteiger partial charge is 0.104 e. The number of allylic oxidation sites excluding steroid dienone is 1. The van der Waals surface area contributed by atoms with E-state index in [-0.39, 0.29) is 0 Å². The number of nitrogens with two attached hydrogens (primary N) is 1. The molecule has 1 aliphatic carbocycles. The van der Waals surface area contributed by atoms with Crippen molar-refractivity contribution in [2.24, 2.45) is 5.73 Å². The highest BCUT2D eigenvalue weighted by Crippen LogP contribution is 2.29. The van der Waals surface area contributed by atoms with Crippen LogP contribution < -0.4 is 5.73 Å². The van der Waals surface area contributed by atoms with Crippen LogP contribution >= 0.6 is 23.6 Å². The summed E-state index contributed by atoms with van der Waals surface area (Å²) in [4.78, 5) is 0.523. The molecule has 1 nitrogen and oxygen atoms in total. The van der Waals surface area contributed by atoms with Gasteiger partial charge in [-0.1, -0.05) is 18.3 Å². The van der Waals surface area contributed by atoms with Crippen LogP contribution in [0.1, 0.15) is 17.5 Å². The highest BCUT2D eigenvalue weighted by atomic mass is 32.1. The minimum absolute atomic E-state index is 0.523. The molecule has 1 aliphatic rings. The lowest BCUT2D eigenvalue weighted by atomic mass is 9.95. The van der Waals surface area contributed by atoms with Crippen molar-refractivity contribution in [3.05, 3.63) is 28.0 Å². The Balaban J connectivity index is 2.50. The molecule has 0 saturated heterocycles. The van der Waals surface area contributed by atoms with E-state index in [0.717, 1.165) is 18.4 Å². The van der Waals surface area contributed by atoms with Gasteiger partial charge in [-0.2, -0.15) is 11.3 Å². The lowest BCUT2D eigenvalue weighted by Crippen LogP contribution is -2.12. The number of aryl methyl sites for hydroxylation is 1. The molecule has 1 heterocycles. The van der Waals surface area contributed by atoms with Gasteiger partial charge in [0.25, 0.3) is 0 Å². The van der Waals surface area contributed by atoms with E-state index in [4.69, 9.17) is 18.0 Å². The van der Waals surface area contributed by atoms with Gasteiger partial charge in [0.15, 0.2) is 0 Å². The van der Waals surface area contributed by atoms with E-state index >= 15 is 0 Å².